The number of hydrogen-bond acceptors (Lipinski definition) is 2. The number of carbonyl (C=O) groups is 1. The molecule has 88 valence electrons. The average Bonchev–Trinajstić information content (AvgIpc) is 2.27. The van der Waals surface area contributed by atoms with Gasteiger partial charge in [0.15, 0.2) is 5.78 Å². The Hall–Kier alpha value is -1.15. The second-order valence-corrected chi connectivity index (χ2v) is 4.34. The van der Waals surface area contributed by atoms with Crippen molar-refractivity contribution in [3.63, 3.8) is 0 Å². The minimum absolute atomic E-state index is 0.262. The molecule has 0 fully saturated rings. The van der Waals surface area contributed by atoms with Crippen LogP contribution in [0.25, 0.3) is 0 Å². The van der Waals surface area contributed by atoms with Crippen LogP contribution in [-0.2, 0) is 0 Å². The Morgan fingerprint density at radius 3 is 2.62 bits per heavy atom. The van der Waals surface area contributed by atoms with Crippen LogP contribution in [0.1, 0.15) is 47.2 Å². The molecule has 0 bridgehead atoms. The van der Waals surface area contributed by atoms with E-state index >= 15 is 0 Å². The molecule has 0 saturated carbocycles. The van der Waals surface area contributed by atoms with E-state index in [4.69, 9.17) is 5.73 Å². The Bertz CT molecular complexity index is 358. The van der Waals surface area contributed by atoms with Crippen molar-refractivity contribution in [2.24, 2.45) is 5.73 Å². The van der Waals surface area contributed by atoms with Crippen LogP contribution in [0.5, 0.6) is 0 Å². The molecule has 1 aromatic rings. The number of Topliss-reactive ketones (excluding diaryl/α,β-unsaturated/α-hetero) is 1. The van der Waals surface area contributed by atoms with E-state index in [9.17, 15) is 4.79 Å². The number of carbonyl (C=O) groups excluding carboxylic acids is 1. The van der Waals surface area contributed by atoms with Crippen molar-refractivity contribution >= 4 is 5.78 Å². The lowest BCUT2D eigenvalue weighted by atomic mass is 9.98. The number of aryl methyl sites for hydroxylation is 2. The van der Waals surface area contributed by atoms with Gasteiger partial charge in [-0.15, -0.1) is 0 Å². The van der Waals surface area contributed by atoms with Crippen molar-refractivity contribution in [2.45, 2.75) is 39.5 Å². The molecule has 0 spiro atoms. The minimum atomic E-state index is 0.262. The summed E-state index contributed by atoms with van der Waals surface area (Å²) in [4.78, 5) is 11.9. The average molecular weight is 219 g/mol. The zero-order valence-electron chi connectivity index (χ0n) is 10.3. The van der Waals surface area contributed by atoms with Crippen LogP contribution in [0.15, 0.2) is 18.2 Å². The van der Waals surface area contributed by atoms with Crippen molar-refractivity contribution < 1.29 is 4.79 Å². The molecular formula is C14H21NO. The molecule has 2 heteroatoms. The Morgan fingerprint density at radius 2 is 1.94 bits per heavy atom. The van der Waals surface area contributed by atoms with Crippen LogP contribution in [0.3, 0.4) is 0 Å². The van der Waals surface area contributed by atoms with Gasteiger partial charge in [0.1, 0.15) is 0 Å². The smallest absolute Gasteiger partial charge is 0.163 e. The summed E-state index contributed by atoms with van der Waals surface area (Å²) >= 11 is 0. The molecule has 0 heterocycles. The lowest BCUT2D eigenvalue weighted by Gasteiger charge is -2.06. The van der Waals surface area contributed by atoms with E-state index in [0.29, 0.717) is 6.42 Å². The normalized spacial score (nSPS) is 10.4. The Balaban J connectivity index is 2.55. The zero-order valence-corrected chi connectivity index (χ0v) is 10.3. The van der Waals surface area contributed by atoms with E-state index in [0.717, 1.165) is 42.5 Å². The summed E-state index contributed by atoms with van der Waals surface area (Å²) in [6.07, 6.45) is 3.65. The van der Waals surface area contributed by atoms with Crippen molar-refractivity contribution in [2.75, 3.05) is 6.54 Å². The van der Waals surface area contributed by atoms with Gasteiger partial charge in [-0.1, -0.05) is 24.1 Å². The molecule has 2 N–H and O–H groups in total. The van der Waals surface area contributed by atoms with E-state index < -0.39 is 0 Å². The highest BCUT2D eigenvalue weighted by Gasteiger charge is 2.08. The van der Waals surface area contributed by atoms with Crippen LogP contribution < -0.4 is 5.73 Å². The molecule has 0 amide bonds. The first-order chi connectivity index (χ1) is 7.65. The van der Waals surface area contributed by atoms with E-state index in [1.807, 2.05) is 32.0 Å². The first-order valence-electron chi connectivity index (χ1n) is 5.95. The number of rotatable bonds is 6. The summed E-state index contributed by atoms with van der Waals surface area (Å²) in [5.41, 5.74) is 8.52. The fourth-order valence-corrected chi connectivity index (χ4v) is 1.78. The molecule has 0 atom stereocenters. The van der Waals surface area contributed by atoms with Gasteiger partial charge in [0.25, 0.3) is 0 Å². The van der Waals surface area contributed by atoms with E-state index in [-0.39, 0.29) is 5.78 Å². The van der Waals surface area contributed by atoms with Crippen molar-refractivity contribution in [3.8, 4) is 0 Å². The lowest BCUT2D eigenvalue weighted by molar-refractivity contribution is 0.0978. The standard InChI is InChI=1S/C14H21NO/c1-11-7-8-12(2)13(10-11)14(16)6-4-3-5-9-15/h7-8,10H,3-6,9,15H2,1-2H3. The van der Waals surface area contributed by atoms with Crippen LogP contribution >= 0.6 is 0 Å². The molecule has 0 unspecified atom stereocenters. The fourth-order valence-electron chi connectivity index (χ4n) is 1.78. The molecule has 0 aliphatic carbocycles. The van der Waals surface area contributed by atoms with Gasteiger partial charge in [0, 0.05) is 12.0 Å². The molecule has 16 heavy (non-hydrogen) atoms. The highest BCUT2D eigenvalue weighted by molar-refractivity contribution is 5.97. The maximum Gasteiger partial charge on any atom is 0.163 e. The Morgan fingerprint density at radius 1 is 1.19 bits per heavy atom. The molecule has 2 nitrogen and oxygen atoms in total. The van der Waals surface area contributed by atoms with E-state index in [1.165, 1.54) is 0 Å². The van der Waals surface area contributed by atoms with Crippen molar-refractivity contribution in [1.29, 1.82) is 0 Å². The highest BCUT2D eigenvalue weighted by Crippen LogP contribution is 2.14. The van der Waals surface area contributed by atoms with Gasteiger partial charge >= 0.3 is 0 Å². The zero-order chi connectivity index (χ0) is 12.0. The quantitative estimate of drug-likeness (QED) is 0.590. The first-order valence-corrected chi connectivity index (χ1v) is 5.95. The summed E-state index contributed by atoms with van der Waals surface area (Å²) < 4.78 is 0. The number of nitrogens with two attached hydrogens (primary N) is 1. The summed E-state index contributed by atoms with van der Waals surface area (Å²) in [6, 6.07) is 6.05. The number of benzene rings is 1. The van der Waals surface area contributed by atoms with Gasteiger partial charge in [-0.25, -0.2) is 0 Å². The largest absolute Gasteiger partial charge is 0.330 e. The third-order valence-corrected chi connectivity index (χ3v) is 2.80. The number of hydrogen-bond donors (Lipinski definition) is 1. The third kappa shape index (κ3) is 3.78. The second kappa shape index (κ2) is 6.44. The molecule has 1 rings (SSSR count). The summed E-state index contributed by atoms with van der Waals surface area (Å²) in [6.45, 7) is 4.73. The molecule has 1 aromatic carbocycles. The van der Waals surface area contributed by atoms with E-state index in [1.54, 1.807) is 0 Å². The van der Waals surface area contributed by atoms with Crippen LogP contribution in [0, 0.1) is 13.8 Å². The molecular weight excluding hydrogens is 198 g/mol. The van der Waals surface area contributed by atoms with E-state index in [2.05, 4.69) is 0 Å². The number of ketones is 1. The van der Waals surface area contributed by atoms with Crippen LogP contribution in [0.4, 0.5) is 0 Å². The van der Waals surface area contributed by atoms with Gasteiger partial charge in [0.05, 0.1) is 0 Å². The van der Waals surface area contributed by atoms with Crippen molar-refractivity contribution in [1.82, 2.24) is 0 Å². The lowest BCUT2D eigenvalue weighted by Crippen LogP contribution is -2.03. The Kier molecular flexibility index (Phi) is 5.20. The first kappa shape index (κ1) is 12.9. The van der Waals surface area contributed by atoms with Gasteiger partial charge in [-0.3, -0.25) is 4.79 Å². The maximum absolute atomic E-state index is 11.9. The van der Waals surface area contributed by atoms with Gasteiger partial charge < -0.3 is 5.73 Å². The van der Waals surface area contributed by atoms with Gasteiger partial charge in [-0.05, 0) is 44.9 Å². The molecule has 0 aromatic heterocycles. The maximum atomic E-state index is 11.9. The highest BCUT2D eigenvalue weighted by atomic mass is 16.1. The predicted octanol–water partition coefficient (Wildman–Crippen LogP) is 3.01. The van der Waals surface area contributed by atoms with Crippen LogP contribution in [-0.4, -0.2) is 12.3 Å². The topological polar surface area (TPSA) is 43.1 Å². The molecule has 0 aliphatic heterocycles. The van der Waals surface area contributed by atoms with Crippen molar-refractivity contribution in [3.05, 3.63) is 34.9 Å². The summed E-state index contributed by atoms with van der Waals surface area (Å²) in [5, 5.41) is 0. The predicted molar refractivity (Wildman–Crippen MR) is 67.8 cm³/mol. The Labute approximate surface area is 97.9 Å². The number of unbranched alkanes of at least 4 members (excludes halogenated alkanes) is 2. The molecule has 0 saturated heterocycles. The SMILES string of the molecule is Cc1ccc(C)c(C(=O)CCCCCN)c1. The van der Waals surface area contributed by atoms with Gasteiger partial charge in [0.2, 0.25) is 0 Å². The summed E-state index contributed by atoms with van der Waals surface area (Å²) in [5.74, 6) is 0.262. The second-order valence-electron chi connectivity index (χ2n) is 4.34. The van der Waals surface area contributed by atoms with Gasteiger partial charge in [-0.2, -0.15) is 0 Å². The molecule has 0 aliphatic rings. The molecule has 0 radical (unpaired) electrons. The minimum Gasteiger partial charge on any atom is -0.330 e. The fraction of sp³-hybridized carbons (Fsp3) is 0.500. The third-order valence-electron chi connectivity index (χ3n) is 2.80. The monoisotopic (exact) mass is 219 g/mol. The van der Waals surface area contributed by atoms with Crippen LogP contribution in [0.2, 0.25) is 0 Å². The summed E-state index contributed by atoms with van der Waals surface area (Å²) in [7, 11) is 0.